The van der Waals surface area contributed by atoms with E-state index in [1.807, 2.05) is 0 Å². The van der Waals surface area contributed by atoms with Gasteiger partial charge in [0, 0.05) is 18.1 Å². The van der Waals surface area contributed by atoms with Gasteiger partial charge in [-0.25, -0.2) is 17.6 Å². The molecule has 4 aromatic carbocycles. The number of carbonyl (C=O) groups is 1. The van der Waals surface area contributed by atoms with Crippen LogP contribution in [0.3, 0.4) is 0 Å². The summed E-state index contributed by atoms with van der Waals surface area (Å²) in [6.07, 6.45) is -10.0. The van der Waals surface area contributed by atoms with E-state index in [1.165, 1.54) is 12.1 Å². The lowest BCUT2D eigenvalue weighted by Crippen LogP contribution is -2.49. The summed E-state index contributed by atoms with van der Waals surface area (Å²) in [6, 6.07) is 16.0. The molecule has 0 bridgehead atoms. The molecule has 4 aromatic rings. The summed E-state index contributed by atoms with van der Waals surface area (Å²) >= 11 is 0. The molecule has 0 aromatic heterocycles. The Balaban J connectivity index is 2.01. The lowest BCUT2D eigenvalue weighted by atomic mass is 9.77. The largest absolute Gasteiger partial charge is 0.488 e. The van der Waals surface area contributed by atoms with Crippen molar-refractivity contribution in [2.24, 2.45) is 0 Å². The highest BCUT2D eigenvalue weighted by atomic mass is 19.3. The van der Waals surface area contributed by atoms with E-state index in [0.717, 1.165) is 24.3 Å². The number of halogens is 8. The quantitative estimate of drug-likeness (QED) is 0.172. The summed E-state index contributed by atoms with van der Waals surface area (Å²) in [6.45, 7) is 3.24. The van der Waals surface area contributed by atoms with Crippen molar-refractivity contribution >= 4 is 5.91 Å². The Hall–Kier alpha value is -4.61. The van der Waals surface area contributed by atoms with E-state index in [2.05, 4.69) is 10.1 Å². The molecule has 0 spiro atoms. The Morgan fingerprint density at radius 2 is 1.48 bits per heavy atom. The second-order valence-corrected chi connectivity index (χ2v) is 10.1. The van der Waals surface area contributed by atoms with Crippen molar-refractivity contribution in [3.05, 3.63) is 130 Å². The van der Waals surface area contributed by atoms with Gasteiger partial charge in [0.2, 0.25) is 0 Å². The molecule has 0 heterocycles. The predicted octanol–water partition coefficient (Wildman–Crippen LogP) is 8.18. The number of amides is 1. The van der Waals surface area contributed by atoms with Crippen molar-refractivity contribution in [3.8, 4) is 11.5 Å². The van der Waals surface area contributed by atoms with Gasteiger partial charge in [-0.15, -0.1) is 0 Å². The Bertz CT molecular complexity index is 1630. The van der Waals surface area contributed by atoms with Crippen LogP contribution in [0.15, 0.2) is 84.9 Å². The maximum absolute atomic E-state index is 15.1. The molecule has 0 radical (unpaired) electrons. The van der Waals surface area contributed by atoms with E-state index in [1.54, 1.807) is 44.2 Å². The normalized spacial score (nSPS) is 13.1. The minimum Gasteiger partial charge on any atom is -0.488 e. The first-order valence-corrected chi connectivity index (χ1v) is 13.1. The third-order valence-corrected chi connectivity index (χ3v) is 6.48. The van der Waals surface area contributed by atoms with E-state index in [9.17, 15) is 35.5 Å². The van der Waals surface area contributed by atoms with Crippen LogP contribution in [-0.4, -0.2) is 24.5 Å². The van der Waals surface area contributed by atoms with Gasteiger partial charge >= 0.3 is 12.5 Å². The molecule has 1 amide bonds. The van der Waals surface area contributed by atoms with Crippen molar-refractivity contribution in [1.29, 1.82) is 0 Å². The van der Waals surface area contributed by atoms with Gasteiger partial charge in [0.25, 0.3) is 5.91 Å². The summed E-state index contributed by atoms with van der Waals surface area (Å²) in [5.74, 6) is -6.92. The van der Waals surface area contributed by atoms with Crippen molar-refractivity contribution in [3.63, 3.8) is 0 Å². The number of carbonyl (C=O) groups excluding carboxylic acids is 1. The molecule has 0 aliphatic carbocycles. The summed E-state index contributed by atoms with van der Waals surface area (Å²) < 4.78 is 121. The van der Waals surface area contributed by atoms with Gasteiger partial charge in [-0.3, -0.25) is 4.79 Å². The number of benzene rings is 4. The highest BCUT2D eigenvalue weighted by Crippen LogP contribution is 2.39. The highest BCUT2D eigenvalue weighted by molar-refractivity contribution is 5.95. The van der Waals surface area contributed by atoms with Crippen LogP contribution in [0.25, 0.3) is 0 Å². The molecular weight excluding hydrogens is 598 g/mol. The molecule has 0 aliphatic rings. The van der Waals surface area contributed by atoms with Crippen molar-refractivity contribution < 1.29 is 49.4 Å². The lowest BCUT2D eigenvalue weighted by Gasteiger charge is -2.37. The van der Waals surface area contributed by atoms with Gasteiger partial charge in [0.05, 0.1) is 11.6 Å². The zero-order chi connectivity index (χ0) is 32.2. The number of ether oxygens (including phenoxy) is 2. The summed E-state index contributed by atoms with van der Waals surface area (Å²) in [5.41, 5.74) is -2.14. The molecule has 0 unspecified atom stereocenters. The van der Waals surface area contributed by atoms with Crippen molar-refractivity contribution in [2.45, 2.75) is 44.4 Å². The first-order chi connectivity index (χ1) is 20.7. The van der Waals surface area contributed by atoms with E-state index < -0.39 is 59.1 Å². The van der Waals surface area contributed by atoms with Crippen molar-refractivity contribution in [1.82, 2.24) is 5.32 Å². The fraction of sp³-hybridized carbons (Fsp3) is 0.219. The number of nitrogens with one attached hydrogen (secondary N) is 1. The number of rotatable bonds is 11. The molecule has 0 saturated carbocycles. The van der Waals surface area contributed by atoms with Gasteiger partial charge in [0.15, 0.2) is 23.2 Å². The average molecular weight is 624 g/mol. The van der Waals surface area contributed by atoms with Gasteiger partial charge in [-0.1, -0.05) is 36.4 Å². The van der Waals surface area contributed by atoms with E-state index in [0.29, 0.717) is 23.8 Å². The van der Waals surface area contributed by atoms with Crippen LogP contribution in [0, 0.1) is 23.3 Å². The zero-order valence-electron chi connectivity index (χ0n) is 23.2. The van der Waals surface area contributed by atoms with Crippen LogP contribution in [0.2, 0.25) is 0 Å². The number of alkyl halides is 4. The van der Waals surface area contributed by atoms with Crippen LogP contribution in [0.5, 0.6) is 11.5 Å². The topological polar surface area (TPSA) is 47.6 Å². The van der Waals surface area contributed by atoms with Gasteiger partial charge < -0.3 is 14.8 Å². The van der Waals surface area contributed by atoms with E-state index >= 15 is 4.39 Å². The third-order valence-electron chi connectivity index (χ3n) is 6.48. The lowest BCUT2D eigenvalue weighted by molar-refractivity contribution is -0.253. The molecule has 0 aliphatic heterocycles. The Labute approximate surface area is 247 Å². The SMILES string of the molecule is CC(C)Oc1cc([C@@](Cc2ccccc2)(NC(=O)c2ccc(F)c(F)c2)c2cc(F)cc(OC(F)(F)C(F)F)c2)ccc1F. The Kier molecular flexibility index (Phi) is 9.50. The molecule has 0 saturated heterocycles. The monoisotopic (exact) mass is 623 g/mol. The van der Waals surface area contributed by atoms with Crippen LogP contribution in [0.1, 0.15) is 40.9 Å². The zero-order valence-corrected chi connectivity index (χ0v) is 23.2. The molecule has 0 fully saturated rings. The second kappa shape index (κ2) is 12.9. The number of hydrogen-bond acceptors (Lipinski definition) is 3. The van der Waals surface area contributed by atoms with E-state index in [-0.39, 0.29) is 28.9 Å². The fourth-order valence-corrected chi connectivity index (χ4v) is 4.55. The first-order valence-electron chi connectivity index (χ1n) is 13.1. The first kappa shape index (κ1) is 32.3. The van der Waals surface area contributed by atoms with Gasteiger partial charge in [-0.05, 0) is 73.0 Å². The maximum atomic E-state index is 15.1. The second-order valence-electron chi connectivity index (χ2n) is 10.1. The van der Waals surface area contributed by atoms with Crippen LogP contribution >= 0.6 is 0 Å². The predicted molar refractivity (Wildman–Crippen MR) is 145 cm³/mol. The molecule has 4 nitrogen and oxygen atoms in total. The smallest absolute Gasteiger partial charge is 0.461 e. The molecule has 1 atom stereocenters. The standard InChI is InChI=1S/C32H25F8NO3/c1-18(2)43-28-15-21(9-11-26(28)35)31(17-19-6-4-3-5-7-19,41-29(42)20-8-10-25(34)27(36)12-20)22-13-23(33)16-24(14-22)44-32(39,40)30(37)38/h3-16,18,30H,17H2,1-2H3,(H,41,42)/t31-/m1/s1. The average Bonchev–Trinajstić information content (AvgIpc) is 2.95. The molecule has 4 rings (SSSR count). The minimum atomic E-state index is -5.00. The highest BCUT2D eigenvalue weighted by Gasteiger charge is 2.45. The third kappa shape index (κ3) is 7.29. The molecule has 1 N–H and O–H groups in total. The van der Waals surface area contributed by atoms with Gasteiger partial charge in [0.1, 0.15) is 11.6 Å². The molecule has 12 heteroatoms. The molecule has 232 valence electrons. The van der Waals surface area contributed by atoms with Crippen molar-refractivity contribution in [2.75, 3.05) is 0 Å². The van der Waals surface area contributed by atoms with Crippen LogP contribution in [0.4, 0.5) is 35.1 Å². The summed E-state index contributed by atoms with van der Waals surface area (Å²) in [4.78, 5) is 13.6. The maximum Gasteiger partial charge on any atom is 0.461 e. The minimum absolute atomic E-state index is 0.0338. The van der Waals surface area contributed by atoms with Crippen LogP contribution in [-0.2, 0) is 12.0 Å². The van der Waals surface area contributed by atoms with Gasteiger partial charge in [-0.2, -0.15) is 17.6 Å². The molecular formula is C32H25F8NO3. The van der Waals surface area contributed by atoms with Crippen LogP contribution < -0.4 is 14.8 Å². The molecule has 44 heavy (non-hydrogen) atoms. The Morgan fingerprint density at radius 1 is 0.795 bits per heavy atom. The Morgan fingerprint density at radius 3 is 2.11 bits per heavy atom. The summed E-state index contributed by atoms with van der Waals surface area (Å²) in [5, 5.41) is 2.65. The summed E-state index contributed by atoms with van der Waals surface area (Å²) in [7, 11) is 0. The fourth-order valence-electron chi connectivity index (χ4n) is 4.55. The van der Waals surface area contributed by atoms with E-state index in [4.69, 9.17) is 4.74 Å². The number of hydrogen-bond donors (Lipinski definition) is 1.